The van der Waals surface area contributed by atoms with E-state index in [2.05, 4.69) is 5.32 Å². The first-order valence-corrected chi connectivity index (χ1v) is 25.0. The summed E-state index contributed by atoms with van der Waals surface area (Å²) in [5.41, 5.74) is 0.840. The number of ketones is 3. The van der Waals surface area contributed by atoms with E-state index in [1.54, 1.807) is 30.9 Å². The van der Waals surface area contributed by atoms with Crippen LogP contribution in [0, 0.1) is 35.5 Å². The van der Waals surface area contributed by atoms with Crippen molar-refractivity contribution in [3.05, 3.63) is 35.9 Å². The van der Waals surface area contributed by atoms with Gasteiger partial charge >= 0.3 is 5.97 Å². The number of likely N-dealkylation sites (N-methyl/N-ethyl adjacent to an activating group) is 1. The quantitative estimate of drug-likeness (QED) is 0.0678. The number of aliphatic carboxylic acids is 1. The molecule has 5 rings (SSSR count). The highest BCUT2D eigenvalue weighted by atomic mass is 16.5. The molecule has 368 valence electrons. The van der Waals surface area contributed by atoms with E-state index in [0.29, 0.717) is 38.6 Å². The van der Waals surface area contributed by atoms with Crippen LogP contribution in [-0.2, 0) is 49.5 Å². The van der Waals surface area contributed by atoms with E-state index in [1.807, 2.05) is 62.9 Å². The Kier molecular flexibility index (Phi) is 19.9. The molecule has 66 heavy (non-hydrogen) atoms. The number of amides is 3. The second kappa shape index (κ2) is 24.8. The fraction of sp³-hybridized carbons (Fsp3) is 0.750. The molecule has 3 saturated heterocycles. The van der Waals surface area contributed by atoms with Gasteiger partial charge in [-0.05, 0) is 74.7 Å². The van der Waals surface area contributed by atoms with Crippen LogP contribution in [0.5, 0.6) is 0 Å². The van der Waals surface area contributed by atoms with E-state index in [-0.39, 0.29) is 90.6 Å². The first-order valence-electron chi connectivity index (χ1n) is 25.0. The zero-order chi connectivity index (χ0) is 48.2. The number of rotatable bonds is 29. The van der Waals surface area contributed by atoms with E-state index in [1.165, 1.54) is 7.11 Å². The van der Waals surface area contributed by atoms with E-state index in [4.69, 9.17) is 9.47 Å². The zero-order valence-corrected chi connectivity index (χ0v) is 41.1. The maximum absolute atomic E-state index is 14.7. The minimum absolute atomic E-state index is 0.0107. The molecular formula is C52H80N4O10. The molecule has 2 bridgehead atoms. The van der Waals surface area contributed by atoms with Crippen molar-refractivity contribution in [1.29, 1.82) is 0 Å². The fourth-order valence-electron chi connectivity index (χ4n) is 11.4. The highest BCUT2D eigenvalue weighted by Gasteiger charge is 2.51. The van der Waals surface area contributed by atoms with Gasteiger partial charge in [0.05, 0.1) is 48.7 Å². The Morgan fingerprint density at radius 1 is 0.848 bits per heavy atom. The zero-order valence-electron chi connectivity index (χ0n) is 41.1. The monoisotopic (exact) mass is 921 g/mol. The molecule has 3 heterocycles. The SMILES string of the molecule is CC[C@H](C)[C@@H]([C@@H](CC(=O)N1CCCC1[C@H](OC)[C@@H](C)C(=O)C[C@@H](Cc1ccccc1)C(=O)O)OC)N(C)C(=O)[C@@H](CC(=O)[C@@H]1[C@H]2CC[C@H](C2)N1C(=O)CCCCCCC(=O)[C@@H]1CN1)C(C)C. The van der Waals surface area contributed by atoms with Crippen molar-refractivity contribution in [2.45, 2.75) is 180 Å². The maximum atomic E-state index is 14.7. The van der Waals surface area contributed by atoms with Gasteiger partial charge in [0.2, 0.25) is 17.7 Å². The van der Waals surface area contributed by atoms with Crippen molar-refractivity contribution in [3.63, 3.8) is 0 Å². The van der Waals surface area contributed by atoms with Crippen molar-refractivity contribution in [2.75, 3.05) is 34.4 Å². The fourth-order valence-corrected chi connectivity index (χ4v) is 11.4. The van der Waals surface area contributed by atoms with Crippen molar-refractivity contribution in [3.8, 4) is 0 Å². The highest BCUT2D eigenvalue weighted by molar-refractivity contribution is 5.94. The van der Waals surface area contributed by atoms with Gasteiger partial charge in [-0.3, -0.25) is 33.6 Å². The topological polar surface area (TPSA) is 190 Å². The second-order valence-electron chi connectivity index (χ2n) is 20.3. The summed E-state index contributed by atoms with van der Waals surface area (Å²) in [5, 5.41) is 13.1. The van der Waals surface area contributed by atoms with Crippen LogP contribution < -0.4 is 5.32 Å². The summed E-state index contributed by atoms with van der Waals surface area (Å²) in [5.74, 6) is -3.73. The highest BCUT2D eigenvalue weighted by Crippen LogP contribution is 2.44. The lowest BCUT2D eigenvalue weighted by molar-refractivity contribution is -0.150. The lowest BCUT2D eigenvalue weighted by atomic mass is 9.83. The van der Waals surface area contributed by atoms with Gasteiger partial charge in [0.15, 0.2) is 11.6 Å². The molecule has 4 fully saturated rings. The van der Waals surface area contributed by atoms with Gasteiger partial charge in [-0.2, -0.15) is 0 Å². The van der Waals surface area contributed by atoms with Gasteiger partial charge in [0, 0.05) is 77.9 Å². The van der Waals surface area contributed by atoms with Crippen LogP contribution >= 0.6 is 0 Å². The molecule has 1 saturated carbocycles. The minimum atomic E-state index is -1.03. The Labute approximate surface area is 393 Å². The molecule has 0 spiro atoms. The van der Waals surface area contributed by atoms with Crippen molar-refractivity contribution >= 4 is 41.0 Å². The van der Waals surface area contributed by atoms with Crippen LogP contribution in [0.4, 0.5) is 0 Å². The number of piperidine rings is 1. The molecule has 2 N–H and O–H groups in total. The molecule has 0 radical (unpaired) electrons. The lowest BCUT2D eigenvalue weighted by Gasteiger charge is -2.41. The maximum Gasteiger partial charge on any atom is 0.307 e. The molecule has 0 aromatic heterocycles. The van der Waals surface area contributed by atoms with Crippen LogP contribution in [0.3, 0.4) is 0 Å². The molecule has 1 aliphatic carbocycles. The van der Waals surface area contributed by atoms with Crippen LogP contribution in [0.2, 0.25) is 0 Å². The number of hydrogen-bond donors (Lipinski definition) is 2. The smallest absolute Gasteiger partial charge is 0.307 e. The van der Waals surface area contributed by atoms with Gasteiger partial charge < -0.3 is 34.6 Å². The van der Waals surface area contributed by atoms with E-state index in [9.17, 15) is 38.7 Å². The number of likely N-dealkylation sites (tertiary alicyclic amines) is 2. The second-order valence-corrected chi connectivity index (χ2v) is 20.3. The first kappa shape index (κ1) is 53.0. The third-order valence-electron chi connectivity index (χ3n) is 15.6. The van der Waals surface area contributed by atoms with Gasteiger partial charge in [-0.15, -0.1) is 0 Å². The number of nitrogens with one attached hydrogen (secondary N) is 1. The minimum Gasteiger partial charge on any atom is -0.481 e. The number of carbonyl (C=O) groups is 7. The lowest BCUT2D eigenvalue weighted by Crippen LogP contribution is -2.54. The Morgan fingerprint density at radius 2 is 1.53 bits per heavy atom. The number of carboxylic acids is 1. The number of hydrogen-bond acceptors (Lipinski definition) is 10. The summed E-state index contributed by atoms with van der Waals surface area (Å²) in [6.45, 7) is 11.0. The number of nitrogens with zero attached hydrogens (tertiary/aromatic N) is 3. The van der Waals surface area contributed by atoms with Crippen LogP contribution in [0.25, 0.3) is 0 Å². The van der Waals surface area contributed by atoms with Crippen LogP contribution in [-0.4, -0.2) is 138 Å². The number of unbranched alkanes of at least 4 members (excludes halogenated alkanes) is 3. The average molecular weight is 921 g/mol. The molecule has 4 aliphatic rings. The molecule has 1 aromatic carbocycles. The summed E-state index contributed by atoms with van der Waals surface area (Å²) < 4.78 is 12.1. The Balaban J connectivity index is 1.22. The normalized spacial score (nSPS) is 24.3. The van der Waals surface area contributed by atoms with Crippen LogP contribution in [0.1, 0.15) is 136 Å². The molecule has 1 aromatic rings. The predicted molar refractivity (Wildman–Crippen MR) is 251 cm³/mol. The predicted octanol–water partition coefficient (Wildman–Crippen LogP) is 6.30. The van der Waals surface area contributed by atoms with E-state index < -0.39 is 54.1 Å². The van der Waals surface area contributed by atoms with Crippen molar-refractivity contribution in [1.82, 2.24) is 20.0 Å². The van der Waals surface area contributed by atoms with Gasteiger partial charge in [-0.1, -0.05) is 84.2 Å². The number of methoxy groups -OCH3 is 2. The van der Waals surface area contributed by atoms with E-state index >= 15 is 0 Å². The van der Waals surface area contributed by atoms with Gasteiger partial charge in [-0.25, -0.2) is 0 Å². The van der Waals surface area contributed by atoms with E-state index in [0.717, 1.165) is 57.1 Å². The third-order valence-corrected chi connectivity index (χ3v) is 15.6. The first-order chi connectivity index (χ1) is 31.5. The van der Waals surface area contributed by atoms with Crippen LogP contribution in [0.15, 0.2) is 30.3 Å². The average Bonchev–Trinajstić information content (AvgIpc) is 3.67. The molecular weight excluding hydrogens is 841 g/mol. The Hall–Kier alpha value is -4.01. The van der Waals surface area contributed by atoms with Gasteiger partial charge in [0.1, 0.15) is 5.78 Å². The van der Waals surface area contributed by atoms with Gasteiger partial charge in [0.25, 0.3) is 0 Å². The van der Waals surface area contributed by atoms with Crippen molar-refractivity contribution in [2.24, 2.45) is 35.5 Å². The number of fused-ring (bicyclic) bond motifs is 2. The Morgan fingerprint density at radius 3 is 2.14 bits per heavy atom. The molecule has 12 atom stereocenters. The number of carbonyl (C=O) groups excluding carboxylic acids is 6. The summed E-state index contributed by atoms with van der Waals surface area (Å²) in [6.07, 6.45) is 7.66. The number of ether oxygens (including phenoxy) is 2. The summed E-state index contributed by atoms with van der Waals surface area (Å²) in [4.78, 5) is 101. The molecule has 3 aliphatic heterocycles. The summed E-state index contributed by atoms with van der Waals surface area (Å²) in [6, 6.07) is 7.92. The number of Topliss-reactive ketones (excluding diaryl/α,β-unsaturated/α-hetero) is 3. The standard InChI is InChI=1S/C52H80N4O10/c1-9-33(4)48(45(65-7)30-47(61)55-25-17-20-41(55)50(66-8)34(5)43(58)28-37(52(63)64)26-35-18-13-12-14-19-35)54(6)51(62)39(32(2)3)29-44(59)49-36-23-24-38(27-36)56(49)46(60)22-16-11-10-15-21-42(57)40-31-53-40/h12-14,18-19,32-34,36-41,45,48-50,53H,9-11,15-17,20-31H2,1-8H3,(H,63,64)/t33-,34-,36-,37+,38+,39-,40-,41?,45+,48-,49-,50+/m0/s1. The van der Waals surface area contributed by atoms with Crippen molar-refractivity contribution < 1.29 is 48.1 Å². The number of benzene rings is 1. The molecule has 1 unspecified atom stereocenters. The molecule has 3 amide bonds. The molecule has 14 nitrogen and oxygen atoms in total. The Bertz CT molecular complexity index is 1820. The third kappa shape index (κ3) is 13.4. The summed E-state index contributed by atoms with van der Waals surface area (Å²) >= 11 is 0. The summed E-state index contributed by atoms with van der Waals surface area (Å²) in [7, 11) is 4.83. The number of carboxylic acid groups (broad SMARTS) is 1. The largest absolute Gasteiger partial charge is 0.481 e. The molecule has 14 heteroatoms.